The first kappa shape index (κ1) is 68.2. The molecule has 1 saturated heterocycles. The van der Waals surface area contributed by atoms with Gasteiger partial charge in [0.25, 0.3) is 0 Å². The standard InChI is InChI=1S/C74H93N3O12/c1-4-6-7-8-9-10-11-12-13-14-15-16-32-43-64(78)88-72-69(84-52-59-39-28-20-29-40-59)68(83-51-58-37-26-19-27-38-58)70(85-53-60-41-30-21-31-42-60)73(71(72)86-54-61-44-46-62(79-3)47-45-61)89-74-65(76-77-75)67(82-50-57-35-24-18-25-36-57)66(81-48-5-2)63(87-74)55-80-49-56-33-22-17-23-34-56/h5,17-31,33-42,44-47,63,65-74H,2,4,6-16,32,43,48-55H2,1,3H3/t63-,65-,66-,67-,68-,69-,70+,71-,72-,73-,74-/m1/s1. The quantitative estimate of drug-likeness (QED) is 0.00891. The highest BCUT2D eigenvalue weighted by Gasteiger charge is 2.59. The van der Waals surface area contributed by atoms with Crippen molar-refractivity contribution in [2.45, 2.75) is 204 Å². The molecule has 0 unspecified atom stereocenters. The van der Waals surface area contributed by atoms with Crippen molar-refractivity contribution in [1.29, 1.82) is 0 Å². The van der Waals surface area contributed by atoms with E-state index in [0.29, 0.717) is 12.2 Å². The smallest absolute Gasteiger partial charge is 0.306 e. The normalized spacial score (nSPS) is 22.4. The van der Waals surface area contributed by atoms with Gasteiger partial charge in [-0.05, 0) is 57.5 Å². The molecule has 0 bridgehead atoms. The zero-order valence-electron chi connectivity index (χ0n) is 52.2. The number of unbranched alkanes of at least 4 members (excludes halogenated alkanes) is 12. The fourth-order valence-electron chi connectivity index (χ4n) is 11.6. The second-order valence-corrected chi connectivity index (χ2v) is 23.0. The van der Waals surface area contributed by atoms with E-state index in [2.05, 4.69) is 23.5 Å². The van der Waals surface area contributed by atoms with Gasteiger partial charge < -0.3 is 52.1 Å². The minimum absolute atomic E-state index is 0.0262. The predicted octanol–water partition coefficient (Wildman–Crippen LogP) is 15.9. The van der Waals surface area contributed by atoms with Gasteiger partial charge >= 0.3 is 5.97 Å². The van der Waals surface area contributed by atoms with E-state index in [1.807, 2.05) is 176 Å². The number of hydrogen-bond acceptors (Lipinski definition) is 13. The lowest BCUT2D eigenvalue weighted by molar-refractivity contribution is -0.339. The van der Waals surface area contributed by atoms with Crippen LogP contribution < -0.4 is 4.74 Å². The van der Waals surface area contributed by atoms with Crippen molar-refractivity contribution in [3.8, 4) is 5.75 Å². The number of ether oxygens (including phenoxy) is 11. The molecule has 0 spiro atoms. The average molecular weight is 1220 g/mol. The molecule has 0 amide bonds. The maximum absolute atomic E-state index is 14.8. The van der Waals surface area contributed by atoms with Gasteiger partial charge in [0.2, 0.25) is 0 Å². The van der Waals surface area contributed by atoms with Crippen molar-refractivity contribution in [1.82, 2.24) is 0 Å². The number of carbonyl (C=O) groups is 1. The summed E-state index contributed by atoms with van der Waals surface area (Å²) in [4.78, 5) is 18.3. The second-order valence-electron chi connectivity index (χ2n) is 23.0. The van der Waals surface area contributed by atoms with Crippen LogP contribution in [0.3, 0.4) is 0 Å². The van der Waals surface area contributed by atoms with Gasteiger partial charge in [0.15, 0.2) is 12.4 Å². The minimum Gasteiger partial charge on any atom is -0.497 e. The van der Waals surface area contributed by atoms with Crippen LogP contribution in [0, 0.1) is 0 Å². The lowest BCUT2D eigenvalue weighted by atomic mass is 9.83. The third-order valence-corrected chi connectivity index (χ3v) is 16.3. The number of benzene rings is 6. The Kier molecular flexibility index (Phi) is 30.2. The summed E-state index contributed by atoms with van der Waals surface area (Å²) < 4.78 is 75.9. The number of hydrogen-bond donors (Lipinski definition) is 0. The molecular weight excluding hydrogens is 1120 g/mol. The van der Waals surface area contributed by atoms with Crippen LogP contribution in [-0.2, 0) is 91.8 Å². The van der Waals surface area contributed by atoms with Gasteiger partial charge in [0, 0.05) is 11.3 Å². The van der Waals surface area contributed by atoms with Gasteiger partial charge in [-0.3, -0.25) is 4.79 Å². The maximum Gasteiger partial charge on any atom is 0.306 e. The zero-order valence-corrected chi connectivity index (χ0v) is 52.2. The van der Waals surface area contributed by atoms with Gasteiger partial charge in [-0.1, -0.05) is 259 Å². The molecule has 0 N–H and O–H groups in total. The van der Waals surface area contributed by atoms with Gasteiger partial charge in [0.1, 0.15) is 60.6 Å². The number of esters is 1. The molecule has 6 aromatic carbocycles. The SMILES string of the molecule is C=CCO[C@H]1[C@H](OCc2ccccc2)[C@@H](N=[N+]=[N-])[C@@H](O[C@H]2[C@H](OCc3ccc(OC)cc3)[C@H](OC(=O)CCCCCCCCCCCCCCC)[C@H](OCc3ccccc3)[C@@H](OCc3ccccc3)[C@@H]2OCc2ccccc2)O[C@@H]1COCc1ccccc1. The first-order chi connectivity index (χ1) is 43.9. The minimum atomic E-state index is -1.38. The Bertz CT molecular complexity index is 2910. The number of nitrogens with zero attached hydrogens (tertiary/aromatic N) is 3. The summed E-state index contributed by atoms with van der Waals surface area (Å²) in [5.74, 6) is 0.261. The molecule has 1 heterocycles. The fraction of sp³-hybridized carbons (Fsp3) is 0.473. The van der Waals surface area contributed by atoms with Crippen LogP contribution in [0.25, 0.3) is 10.4 Å². The van der Waals surface area contributed by atoms with Gasteiger partial charge in [-0.25, -0.2) is 0 Å². The highest BCUT2D eigenvalue weighted by molar-refractivity contribution is 5.69. The average Bonchev–Trinajstić information content (AvgIpc) is 0.895. The largest absolute Gasteiger partial charge is 0.497 e. The zero-order chi connectivity index (χ0) is 61.9. The highest BCUT2D eigenvalue weighted by atomic mass is 16.7. The Morgan fingerprint density at radius 3 is 1.31 bits per heavy atom. The summed E-state index contributed by atoms with van der Waals surface area (Å²) in [6, 6.07) is 55.5. The van der Waals surface area contributed by atoms with E-state index < -0.39 is 73.2 Å². The highest BCUT2D eigenvalue weighted by Crippen LogP contribution is 2.40. The number of azide groups is 1. The van der Waals surface area contributed by atoms with Gasteiger partial charge in [-0.15, -0.1) is 6.58 Å². The third-order valence-electron chi connectivity index (χ3n) is 16.3. The summed E-state index contributed by atoms with van der Waals surface area (Å²) >= 11 is 0. The summed E-state index contributed by atoms with van der Waals surface area (Å²) in [7, 11) is 1.62. The number of rotatable bonds is 41. The van der Waals surface area contributed by atoms with Crippen LogP contribution in [0.4, 0.5) is 0 Å². The molecule has 15 nitrogen and oxygen atoms in total. The van der Waals surface area contributed by atoms with E-state index in [-0.39, 0.29) is 59.3 Å². The Morgan fingerprint density at radius 1 is 0.483 bits per heavy atom. The van der Waals surface area contributed by atoms with E-state index >= 15 is 0 Å². The third kappa shape index (κ3) is 22.6. The molecule has 8 rings (SSSR count). The maximum atomic E-state index is 14.8. The summed E-state index contributed by atoms with van der Waals surface area (Å²) in [5, 5.41) is 4.45. The Balaban J connectivity index is 1.19. The lowest BCUT2D eigenvalue weighted by Gasteiger charge is -2.51. The molecule has 15 heteroatoms. The van der Waals surface area contributed by atoms with Crippen LogP contribution in [0.15, 0.2) is 194 Å². The summed E-state index contributed by atoms with van der Waals surface area (Å²) in [6.07, 6.45) is 6.41. The molecule has 2 fully saturated rings. The van der Waals surface area contributed by atoms with Crippen LogP contribution in [-0.4, -0.2) is 93.6 Å². The van der Waals surface area contributed by atoms with Crippen LogP contribution in [0.2, 0.25) is 0 Å². The topological polar surface area (TPSA) is 167 Å². The van der Waals surface area contributed by atoms with Crippen molar-refractivity contribution in [3.63, 3.8) is 0 Å². The molecule has 6 aromatic rings. The van der Waals surface area contributed by atoms with Crippen molar-refractivity contribution < 1.29 is 56.9 Å². The molecule has 89 heavy (non-hydrogen) atoms. The van der Waals surface area contributed by atoms with Crippen LogP contribution in [0.5, 0.6) is 5.75 Å². The Hall–Kier alpha value is -6.72. The molecule has 11 atom stereocenters. The fourth-order valence-corrected chi connectivity index (χ4v) is 11.6. The van der Waals surface area contributed by atoms with E-state index in [1.54, 1.807) is 13.2 Å². The molecule has 1 aliphatic carbocycles. The summed E-state index contributed by atoms with van der Waals surface area (Å²) in [5.41, 5.74) is 15.9. The van der Waals surface area contributed by atoms with Gasteiger partial charge in [-0.2, -0.15) is 0 Å². The van der Waals surface area contributed by atoms with Crippen molar-refractivity contribution in [2.24, 2.45) is 5.11 Å². The first-order valence-corrected chi connectivity index (χ1v) is 32.2. The number of methoxy groups -OCH3 is 1. The van der Waals surface area contributed by atoms with E-state index in [9.17, 15) is 10.3 Å². The molecule has 476 valence electrons. The summed E-state index contributed by atoms with van der Waals surface area (Å²) in [6.45, 7) is 7.18. The molecule has 0 aromatic heterocycles. The van der Waals surface area contributed by atoms with Crippen LogP contribution >= 0.6 is 0 Å². The van der Waals surface area contributed by atoms with Crippen LogP contribution in [0.1, 0.15) is 130 Å². The molecule has 2 aliphatic rings. The van der Waals surface area contributed by atoms with Crippen molar-refractivity contribution in [2.75, 3.05) is 20.3 Å². The molecular formula is C74H93N3O12. The van der Waals surface area contributed by atoms with E-state index in [4.69, 9.17) is 52.1 Å². The second kappa shape index (κ2) is 39.4. The Labute approximate surface area is 527 Å². The van der Waals surface area contributed by atoms with Gasteiger partial charge in [0.05, 0.1) is 60.0 Å². The lowest BCUT2D eigenvalue weighted by Crippen LogP contribution is -2.69. The monoisotopic (exact) mass is 1220 g/mol. The van der Waals surface area contributed by atoms with Crippen molar-refractivity contribution in [3.05, 3.63) is 232 Å². The first-order valence-electron chi connectivity index (χ1n) is 32.2. The van der Waals surface area contributed by atoms with E-state index in [1.165, 1.54) is 57.8 Å². The Morgan fingerprint density at radius 2 is 0.876 bits per heavy atom. The number of carbonyl (C=O) groups excluding carboxylic acids is 1. The molecule has 0 radical (unpaired) electrons. The molecule has 1 aliphatic heterocycles. The van der Waals surface area contributed by atoms with E-state index in [0.717, 1.165) is 52.6 Å². The van der Waals surface area contributed by atoms with Crippen molar-refractivity contribution >= 4 is 5.97 Å². The molecule has 1 saturated carbocycles. The predicted molar refractivity (Wildman–Crippen MR) is 344 cm³/mol.